The smallest absolute Gasteiger partial charge is 0.179 e. The van der Waals surface area contributed by atoms with Crippen molar-refractivity contribution in [1.29, 1.82) is 0 Å². The van der Waals surface area contributed by atoms with Crippen molar-refractivity contribution in [2.75, 3.05) is 4.90 Å². The van der Waals surface area contributed by atoms with Gasteiger partial charge in [-0.25, -0.2) is 0 Å². The van der Waals surface area contributed by atoms with Crippen LogP contribution in [0.25, 0.3) is 65.4 Å². The van der Waals surface area contributed by atoms with Crippen LogP contribution in [-0.4, -0.2) is 8.07 Å². The molecular weight excluding hydrogens is 779 g/mol. The molecule has 0 aliphatic carbocycles. The zero-order chi connectivity index (χ0) is 41.7. The SMILES string of the molecule is c1ccc([Si](c2ccccc2)(c2ccccc2)c2ccc(-c3ccc(N(c4ccc5c(c4)oc4ccccc45)c4ccc5c6ccccc6c6ccccc6c5c4)cc3)cc2)cc1. The predicted molar refractivity (Wildman–Crippen MR) is 270 cm³/mol. The number of benzene rings is 11. The van der Waals surface area contributed by atoms with Crippen LogP contribution in [0.5, 0.6) is 0 Å². The number of furan rings is 1. The first-order chi connectivity index (χ1) is 31.2. The molecule has 0 saturated heterocycles. The molecule has 0 radical (unpaired) electrons. The molecule has 0 saturated carbocycles. The fourth-order valence-corrected chi connectivity index (χ4v) is 14.9. The largest absolute Gasteiger partial charge is 0.456 e. The van der Waals surface area contributed by atoms with Gasteiger partial charge in [0.25, 0.3) is 0 Å². The third-order valence-corrected chi connectivity index (χ3v) is 17.8. The number of hydrogen-bond donors (Lipinski definition) is 0. The molecule has 3 heteroatoms. The fraction of sp³-hybridized carbons (Fsp3) is 0. The van der Waals surface area contributed by atoms with Gasteiger partial charge in [-0.05, 0) is 107 Å². The predicted octanol–water partition coefficient (Wildman–Crippen LogP) is 13.6. The van der Waals surface area contributed by atoms with Gasteiger partial charge in [-0.3, -0.25) is 0 Å². The standard InChI is InChI=1S/C60H41NOSi/c1-4-16-47(17-5-1)63(48-18-6-2-7-19-48,49-20-8-3-9-21-49)50-36-30-43(31-37-50)42-28-32-44(33-29-42)61(46-35-39-57-56-26-14-15-27-59(56)62-60(57)41-46)45-34-38-55-53-24-11-10-22-51(53)52-23-12-13-25-54(52)58(55)40-45/h1-41H. The quantitative estimate of drug-likeness (QED) is 0.0863. The number of para-hydroxylation sites is 1. The van der Waals surface area contributed by atoms with Gasteiger partial charge in [-0.15, -0.1) is 0 Å². The summed E-state index contributed by atoms with van der Waals surface area (Å²) in [6, 6.07) is 91.1. The lowest BCUT2D eigenvalue weighted by atomic mass is 9.94. The van der Waals surface area contributed by atoms with Gasteiger partial charge >= 0.3 is 0 Å². The van der Waals surface area contributed by atoms with E-state index in [4.69, 9.17) is 4.42 Å². The number of rotatable bonds is 8. The van der Waals surface area contributed by atoms with E-state index in [1.165, 1.54) is 64.2 Å². The minimum Gasteiger partial charge on any atom is -0.456 e. The van der Waals surface area contributed by atoms with E-state index >= 15 is 0 Å². The van der Waals surface area contributed by atoms with Crippen molar-refractivity contribution in [3.8, 4) is 11.1 Å². The van der Waals surface area contributed by atoms with Gasteiger partial charge in [0, 0.05) is 33.9 Å². The Labute approximate surface area is 367 Å². The average Bonchev–Trinajstić information content (AvgIpc) is 3.74. The summed E-state index contributed by atoms with van der Waals surface area (Å²) in [4.78, 5) is 2.36. The minimum absolute atomic E-state index is 0.869. The second-order valence-electron chi connectivity index (χ2n) is 16.4. The van der Waals surface area contributed by atoms with Crippen molar-refractivity contribution in [1.82, 2.24) is 0 Å². The molecule has 1 aromatic heterocycles. The Morgan fingerprint density at radius 3 is 1.16 bits per heavy atom. The van der Waals surface area contributed by atoms with Crippen LogP contribution in [0.15, 0.2) is 253 Å². The third-order valence-electron chi connectivity index (χ3n) is 13.0. The van der Waals surface area contributed by atoms with Gasteiger partial charge in [0.1, 0.15) is 11.2 Å². The number of nitrogens with zero attached hydrogens (tertiary/aromatic N) is 1. The highest BCUT2D eigenvalue weighted by atomic mass is 28.3. The molecule has 63 heavy (non-hydrogen) atoms. The molecule has 1 heterocycles. The molecule has 11 aromatic carbocycles. The second kappa shape index (κ2) is 15.2. The van der Waals surface area contributed by atoms with Gasteiger partial charge in [0.05, 0.1) is 0 Å². The van der Waals surface area contributed by atoms with E-state index in [1.807, 2.05) is 12.1 Å². The normalized spacial score (nSPS) is 11.8. The van der Waals surface area contributed by atoms with Crippen molar-refractivity contribution in [3.63, 3.8) is 0 Å². The van der Waals surface area contributed by atoms with Crippen LogP contribution in [0.4, 0.5) is 17.1 Å². The van der Waals surface area contributed by atoms with Crippen LogP contribution >= 0.6 is 0 Å². The Kier molecular flexibility index (Phi) is 8.87. The zero-order valence-corrected chi connectivity index (χ0v) is 35.5. The summed E-state index contributed by atoms with van der Waals surface area (Å²) < 4.78 is 6.46. The Morgan fingerprint density at radius 1 is 0.254 bits per heavy atom. The molecule has 0 aliphatic heterocycles. The second-order valence-corrected chi connectivity index (χ2v) is 20.2. The highest BCUT2D eigenvalue weighted by Gasteiger charge is 2.41. The Balaban J connectivity index is 0.985. The maximum Gasteiger partial charge on any atom is 0.179 e. The maximum absolute atomic E-state index is 6.46. The molecule has 0 amide bonds. The molecule has 0 N–H and O–H groups in total. The summed E-state index contributed by atoms with van der Waals surface area (Å²) in [6.45, 7) is 0. The van der Waals surface area contributed by atoms with Gasteiger partial charge in [-0.2, -0.15) is 0 Å². The Bertz CT molecular complexity index is 3470. The number of hydrogen-bond acceptors (Lipinski definition) is 2. The topological polar surface area (TPSA) is 16.4 Å². The van der Waals surface area contributed by atoms with Gasteiger partial charge in [-0.1, -0.05) is 200 Å². The van der Waals surface area contributed by atoms with Gasteiger partial charge < -0.3 is 9.32 Å². The summed E-state index contributed by atoms with van der Waals surface area (Å²) in [6.07, 6.45) is 0. The van der Waals surface area contributed by atoms with E-state index in [0.29, 0.717) is 0 Å². The first-order valence-electron chi connectivity index (χ1n) is 21.7. The molecule has 0 bridgehead atoms. The van der Waals surface area contributed by atoms with Crippen molar-refractivity contribution in [2.24, 2.45) is 0 Å². The average molecular weight is 820 g/mol. The van der Waals surface area contributed by atoms with Crippen LogP contribution in [-0.2, 0) is 0 Å². The number of anilines is 3. The fourth-order valence-electron chi connectivity index (χ4n) is 10.1. The molecule has 0 unspecified atom stereocenters. The van der Waals surface area contributed by atoms with E-state index in [0.717, 1.165) is 39.0 Å². The summed E-state index contributed by atoms with van der Waals surface area (Å²) in [5.41, 5.74) is 7.30. The van der Waals surface area contributed by atoms with Crippen LogP contribution in [0, 0.1) is 0 Å². The first-order valence-corrected chi connectivity index (χ1v) is 23.7. The number of fused-ring (bicyclic) bond motifs is 9. The summed E-state index contributed by atoms with van der Waals surface area (Å²) >= 11 is 0. The molecule has 0 fully saturated rings. The maximum atomic E-state index is 6.46. The van der Waals surface area contributed by atoms with Gasteiger partial charge in [0.2, 0.25) is 0 Å². The van der Waals surface area contributed by atoms with Crippen molar-refractivity contribution in [3.05, 3.63) is 249 Å². The highest BCUT2D eigenvalue weighted by Crippen LogP contribution is 2.42. The molecule has 12 rings (SSSR count). The van der Waals surface area contributed by atoms with E-state index < -0.39 is 8.07 Å². The lowest BCUT2D eigenvalue weighted by Crippen LogP contribution is -2.74. The van der Waals surface area contributed by atoms with E-state index in [2.05, 4.69) is 241 Å². The van der Waals surface area contributed by atoms with Crippen LogP contribution in [0.3, 0.4) is 0 Å². The van der Waals surface area contributed by atoms with E-state index in [-0.39, 0.29) is 0 Å². The zero-order valence-electron chi connectivity index (χ0n) is 34.5. The van der Waals surface area contributed by atoms with Crippen LogP contribution in [0.1, 0.15) is 0 Å². The lowest BCUT2D eigenvalue weighted by Gasteiger charge is -2.34. The first kappa shape index (κ1) is 36.8. The van der Waals surface area contributed by atoms with Crippen molar-refractivity contribution in [2.45, 2.75) is 0 Å². The summed E-state index contributed by atoms with van der Waals surface area (Å²) in [5, 5.41) is 15.2. The van der Waals surface area contributed by atoms with Crippen LogP contribution < -0.4 is 25.6 Å². The molecule has 296 valence electrons. The third kappa shape index (κ3) is 6.08. The molecule has 0 aliphatic rings. The van der Waals surface area contributed by atoms with Crippen LogP contribution in [0.2, 0.25) is 0 Å². The molecule has 12 aromatic rings. The Morgan fingerprint density at radius 2 is 0.619 bits per heavy atom. The minimum atomic E-state index is -2.62. The summed E-state index contributed by atoms with van der Waals surface area (Å²) in [5.74, 6) is 0. The Hall–Kier alpha value is -7.98. The highest BCUT2D eigenvalue weighted by molar-refractivity contribution is 7.19. The molecule has 0 atom stereocenters. The van der Waals surface area contributed by atoms with Crippen molar-refractivity contribution < 1.29 is 4.42 Å². The van der Waals surface area contributed by atoms with E-state index in [9.17, 15) is 0 Å². The lowest BCUT2D eigenvalue weighted by molar-refractivity contribution is 0.669. The molecule has 0 spiro atoms. The van der Waals surface area contributed by atoms with Gasteiger partial charge in [0.15, 0.2) is 8.07 Å². The monoisotopic (exact) mass is 819 g/mol. The molecule has 2 nitrogen and oxygen atoms in total. The van der Waals surface area contributed by atoms with Crippen molar-refractivity contribution >= 4 is 100 Å². The summed E-state index contributed by atoms with van der Waals surface area (Å²) in [7, 11) is -2.62. The molecular formula is C60H41NOSi. The van der Waals surface area contributed by atoms with E-state index in [1.54, 1.807) is 0 Å².